The molecule has 4 rings (SSSR count). The Morgan fingerprint density at radius 1 is 1.29 bits per heavy atom. The fraction of sp³-hybridized carbons (Fsp3) is 0.333. The number of likely N-dealkylation sites (tertiary alicyclic amines) is 1. The van der Waals surface area contributed by atoms with E-state index in [0.717, 1.165) is 23.1 Å². The van der Waals surface area contributed by atoms with Crippen LogP contribution in [0.3, 0.4) is 0 Å². The van der Waals surface area contributed by atoms with Crippen molar-refractivity contribution in [2.24, 2.45) is 7.05 Å². The van der Waals surface area contributed by atoms with Gasteiger partial charge in [0.05, 0.1) is 6.04 Å². The molecule has 2 aliphatic heterocycles. The van der Waals surface area contributed by atoms with Gasteiger partial charge in [0.25, 0.3) is 5.91 Å². The third-order valence-electron chi connectivity index (χ3n) is 5.28. The lowest BCUT2D eigenvalue weighted by molar-refractivity contribution is 0.0999. The maximum atomic E-state index is 13.5. The molecule has 1 saturated heterocycles. The van der Waals surface area contributed by atoms with Crippen LogP contribution in [0.4, 0.5) is 19.3 Å². The Morgan fingerprint density at radius 3 is 2.71 bits per heavy atom. The van der Waals surface area contributed by atoms with E-state index in [-0.39, 0.29) is 41.6 Å². The number of sulfonamides is 1. The van der Waals surface area contributed by atoms with E-state index in [4.69, 9.17) is 4.74 Å². The number of hydrogen-bond donors (Lipinski definition) is 3. The van der Waals surface area contributed by atoms with E-state index in [1.807, 2.05) is 0 Å². The van der Waals surface area contributed by atoms with Crippen LogP contribution >= 0.6 is 0 Å². The van der Waals surface area contributed by atoms with Crippen LogP contribution in [0, 0.1) is 11.6 Å². The number of anilines is 1. The molecule has 2 atom stereocenters. The van der Waals surface area contributed by atoms with Crippen molar-refractivity contribution in [3.05, 3.63) is 41.7 Å². The smallest absolute Gasteiger partial charge is 0.407 e. The maximum Gasteiger partial charge on any atom is 0.407 e. The zero-order chi connectivity index (χ0) is 22.5. The Bertz CT molecular complexity index is 1180. The molecule has 1 aromatic heterocycles. The fourth-order valence-corrected chi connectivity index (χ4v) is 5.30. The molecule has 0 radical (unpaired) electrons. The summed E-state index contributed by atoms with van der Waals surface area (Å²) in [5.74, 6) is -3.32. The zero-order valence-corrected chi connectivity index (χ0v) is 16.9. The largest absolute Gasteiger partial charge is 0.487 e. The lowest BCUT2D eigenvalue weighted by Gasteiger charge is -2.28. The molecule has 1 fully saturated rings. The van der Waals surface area contributed by atoms with Gasteiger partial charge in [0.2, 0.25) is 10.0 Å². The molecule has 1 aromatic carbocycles. The second-order valence-corrected chi connectivity index (χ2v) is 8.92. The number of aromatic nitrogens is 1. The van der Waals surface area contributed by atoms with E-state index in [1.165, 1.54) is 17.8 Å². The molecule has 0 aliphatic carbocycles. The molecule has 3 heterocycles. The third kappa shape index (κ3) is 3.70. The SMILES string of the molecule is Cn1cc2c(c1C(=O)Nc1ccc(F)c(F)c1)OC[C@@H]1[C@@H](CCN1C(=O)O)NS2(=O)=O. The average Bonchev–Trinajstić information content (AvgIpc) is 3.22. The minimum absolute atomic E-state index is 0.0430. The summed E-state index contributed by atoms with van der Waals surface area (Å²) in [7, 11) is -2.71. The number of benzene rings is 1. The summed E-state index contributed by atoms with van der Waals surface area (Å²) >= 11 is 0. The minimum atomic E-state index is -4.13. The van der Waals surface area contributed by atoms with Gasteiger partial charge in [-0.2, -0.15) is 0 Å². The van der Waals surface area contributed by atoms with Gasteiger partial charge in [-0.05, 0) is 18.6 Å². The second-order valence-electron chi connectivity index (χ2n) is 7.24. The number of aryl methyl sites for hydroxylation is 1. The predicted octanol–water partition coefficient (Wildman–Crippen LogP) is 1.35. The summed E-state index contributed by atoms with van der Waals surface area (Å²) < 4.78 is 61.8. The zero-order valence-electron chi connectivity index (χ0n) is 16.1. The number of nitrogens with one attached hydrogen (secondary N) is 2. The average molecular weight is 456 g/mol. The molecule has 166 valence electrons. The van der Waals surface area contributed by atoms with Crippen LogP contribution in [0.1, 0.15) is 16.9 Å². The summed E-state index contributed by atoms with van der Waals surface area (Å²) in [5, 5.41) is 11.7. The van der Waals surface area contributed by atoms with Crippen LogP contribution in [0.15, 0.2) is 29.3 Å². The van der Waals surface area contributed by atoms with Crippen molar-refractivity contribution in [2.75, 3.05) is 18.5 Å². The van der Waals surface area contributed by atoms with Gasteiger partial charge in [-0.1, -0.05) is 0 Å². The first-order chi connectivity index (χ1) is 14.6. The highest BCUT2D eigenvalue weighted by molar-refractivity contribution is 7.89. The van der Waals surface area contributed by atoms with Crippen LogP contribution in [0.5, 0.6) is 5.75 Å². The molecule has 10 nitrogen and oxygen atoms in total. The molecule has 2 amide bonds. The fourth-order valence-electron chi connectivity index (χ4n) is 3.80. The number of rotatable bonds is 2. The molecular weight excluding hydrogens is 438 g/mol. The summed E-state index contributed by atoms with van der Waals surface area (Å²) in [4.78, 5) is 25.1. The van der Waals surface area contributed by atoms with Crippen LogP contribution in [-0.4, -0.2) is 60.2 Å². The Morgan fingerprint density at radius 2 is 2.03 bits per heavy atom. The molecule has 0 saturated carbocycles. The molecule has 0 unspecified atom stereocenters. The van der Waals surface area contributed by atoms with Crippen LogP contribution < -0.4 is 14.8 Å². The van der Waals surface area contributed by atoms with Gasteiger partial charge in [0.15, 0.2) is 23.1 Å². The summed E-state index contributed by atoms with van der Waals surface area (Å²) in [6, 6.07) is 1.33. The monoisotopic (exact) mass is 456 g/mol. The molecule has 0 bridgehead atoms. The maximum absolute atomic E-state index is 13.5. The number of halogens is 2. The Labute approximate surface area is 175 Å². The third-order valence-corrected chi connectivity index (χ3v) is 6.76. The molecule has 31 heavy (non-hydrogen) atoms. The number of nitrogens with zero attached hydrogens (tertiary/aromatic N) is 2. The van der Waals surface area contributed by atoms with Gasteiger partial charge in [0.1, 0.15) is 11.5 Å². The Balaban J connectivity index is 1.70. The number of carbonyl (C=O) groups is 2. The van der Waals surface area contributed by atoms with E-state index in [2.05, 4.69) is 10.0 Å². The number of fused-ring (bicyclic) bond motifs is 2. The second kappa shape index (κ2) is 7.50. The van der Waals surface area contributed by atoms with Crippen molar-refractivity contribution in [3.63, 3.8) is 0 Å². The molecule has 13 heteroatoms. The molecule has 2 aromatic rings. The van der Waals surface area contributed by atoms with Crippen molar-refractivity contribution in [3.8, 4) is 5.75 Å². The standard InChI is InChI=1S/C18H18F2N4O6S/c1-23-7-14-16(15(23)17(25)21-9-2-3-10(19)11(20)6-9)30-8-13-12(22-31(14,28)29)4-5-24(13)18(26)27/h2-3,6-7,12-13,22H,4-5,8H2,1H3,(H,21,25)(H,26,27)/t12-,13-/m1/s1. The summed E-state index contributed by atoms with van der Waals surface area (Å²) in [6.07, 6.45) is 0.272. The number of hydrogen-bond acceptors (Lipinski definition) is 5. The first kappa shape index (κ1) is 21.1. The molecular formula is C18H18F2N4O6S. The lowest BCUT2D eigenvalue weighted by atomic mass is 10.1. The van der Waals surface area contributed by atoms with Crippen LogP contribution in [0.25, 0.3) is 0 Å². The number of carboxylic acid groups (broad SMARTS) is 1. The minimum Gasteiger partial charge on any atom is -0.487 e. The van der Waals surface area contributed by atoms with E-state index in [9.17, 15) is 31.9 Å². The highest BCUT2D eigenvalue weighted by Gasteiger charge is 2.43. The van der Waals surface area contributed by atoms with E-state index in [0.29, 0.717) is 0 Å². The quantitative estimate of drug-likeness (QED) is 0.626. The molecule has 0 spiro atoms. The van der Waals surface area contributed by atoms with E-state index >= 15 is 0 Å². The van der Waals surface area contributed by atoms with Gasteiger partial charge in [-0.15, -0.1) is 0 Å². The van der Waals surface area contributed by atoms with Gasteiger partial charge >= 0.3 is 6.09 Å². The topological polar surface area (TPSA) is 130 Å². The Hall–Kier alpha value is -3.19. The number of carbonyl (C=O) groups excluding carboxylic acids is 1. The molecule has 3 N–H and O–H groups in total. The van der Waals surface area contributed by atoms with Gasteiger partial charge in [-0.3, -0.25) is 4.79 Å². The summed E-state index contributed by atoms with van der Waals surface area (Å²) in [6.45, 7) is -0.0417. The number of ether oxygens (including phenoxy) is 1. The lowest BCUT2D eigenvalue weighted by Crippen LogP contribution is -2.50. The first-order valence-corrected chi connectivity index (χ1v) is 10.7. The first-order valence-electron chi connectivity index (χ1n) is 9.19. The van der Waals surface area contributed by atoms with Crippen molar-refractivity contribution >= 4 is 27.7 Å². The molecule has 2 aliphatic rings. The highest BCUT2D eigenvalue weighted by atomic mass is 32.2. The van der Waals surface area contributed by atoms with Crippen molar-refractivity contribution in [1.82, 2.24) is 14.2 Å². The summed E-state index contributed by atoms with van der Waals surface area (Å²) in [5.41, 5.74) is -0.220. The van der Waals surface area contributed by atoms with Gasteiger partial charge < -0.3 is 24.6 Å². The Kier molecular flexibility index (Phi) is 5.09. The van der Waals surface area contributed by atoms with Crippen molar-refractivity contribution in [2.45, 2.75) is 23.4 Å². The van der Waals surface area contributed by atoms with E-state index in [1.54, 1.807) is 0 Å². The number of amides is 2. The van der Waals surface area contributed by atoms with Gasteiger partial charge in [-0.25, -0.2) is 26.7 Å². The normalized spacial score (nSPS) is 22.0. The van der Waals surface area contributed by atoms with Crippen molar-refractivity contribution < 1.29 is 36.6 Å². The van der Waals surface area contributed by atoms with Gasteiger partial charge in [0, 0.05) is 37.6 Å². The van der Waals surface area contributed by atoms with E-state index < -0.39 is 45.7 Å². The van der Waals surface area contributed by atoms with Crippen LogP contribution in [0.2, 0.25) is 0 Å². The predicted molar refractivity (Wildman–Crippen MR) is 102 cm³/mol. The highest BCUT2D eigenvalue weighted by Crippen LogP contribution is 2.34. The van der Waals surface area contributed by atoms with Crippen molar-refractivity contribution in [1.29, 1.82) is 0 Å². The van der Waals surface area contributed by atoms with Crippen LogP contribution in [-0.2, 0) is 17.1 Å².